The van der Waals surface area contributed by atoms with Gasteiger partial charge < -0.3 is 9.30 Å². The Morgan fingerprint density at radius 2 is 1.97 bits per heavy atom. The largest absolute Gasteiger partial charge is 0.479 e. The second-order valence-electron chi connectivity index (χ2n) is 8.39. The molecule has 1 atom stereocenters. The standard InChI is InChI=1S/C25H23F3N6O/c1-16-14-33(15-29-16)21-10-8-19(30-24(21)35-2)9-11-22-31-23-20(7-4-12-34(23)32-22)17-5-3-6-18(13-17)25(26,27)28/h3,5-6,8-11,13-15,20H,4,7,12H2,1-2H3/b11-9+. The van der Waals surface area contributed by atoms with Gasteiger partial charge in [-0.1, -0.05) is 18.2 Å². The lowest BCUT2D eigenvalue weighted by atomic mass is 9.90. The second-order valence-corrected chi connectivity index (χ2v) is 8.39. The van der Waals surface area contributed by atoms with Gasteiger partial charge in [0.05, 0.1) is 30.4 Å². The number of ether oxygens (including phenoxy) is 1. The third-order valence-corrected chi connectivity index (χ3v) is 5.96. The highest BCUT2D eigenvalue weighted by Crippen LogP contribution is 2.36. The van der Waals surface area contributed by atoms with Gasteiger partial charge in [-0.05, 0) is 55.7 Å². The Hall–Kier alpha value is -3.95. The molecule has 0 bridgehead atoms. The van der Waals surface area contributed by atoms with Crippen molar-refractivity contribution in [2.75, 3.05) is 7.11 Å². The number of halogens is 3. The van der Waals surface area contributed by atoms with Gasteiger partial charge >= 0.3 is 6.18 Å². The Labute approximate surface area is 199 Å². The summed E-state index contributed by atoms with van der Waals surface area (Å²) in [6.45, 7) is 2.58. The van der Waals surface area contributed by atoms with E-state index in [0.29, 0.717) is 35.3 Å². The van der Waals surface area contributed by atoms with E-state index in [9.17, 15) is 13.2 Å². The van der Waals surface area contributed by atoms with E-state index in [0.717, 1.165) is 30.3 Å². The highest BCUT2D eigenvalue weighted by molar-refractivity contribution is 5.65. The summed E-state index contributed by atoms with van der Waals surface area (Å²) in [4.78, 5) is 13.4. The van der Waals surface area contributed by atoms with Crippen molar-refractivity contribution in [1.29, 1.82) is 0 Å². The molecule has 0 spiro atoms. The topological polar surface area (TPSA) is 70.7 Å². The molecule has 0 amide bonds. The molecule has 5 rings (SSSR count). The second kappa shape index (κ2) is 9.01. The molecule has 1 unspecified atom stereocenters. The third kappa shape index (κ3) is 4.68. The maximum atomic E-state index is 13.2. The van der Waals surface area contributed by atoms with Crippen molar-refractivity contribution in [3.8, 4) is 11.6 Å². The zero-order valence-corrected chi connectivity index (χ0v) is 19.2. The van der Waals surface area contributed by atoms with Crippen molar-refractivity contribution in [3.05, 3.63) is 83.1 Å². The lowest BCUT2D eigenvalue weighted by molar-refractivity contribution is -0.137. The summed E-state index contributed by atoms with van der Waals surface area (Å²) in [5.41, 5.74) is 2.25. The summed E-state index contributed by atoms with van der Waals surface area (Å²) in [6.07, 6.45) is 4.27. The summed E-state index contributed by atoms with van der Waals surface area (Å²) in [5.74, 6) is 1.36. The fourth-order valence-electron chi connectivity index (χ4n) is 4.29. The zero-order chi connectivity index (χ0) is 24.6. The number of hydrogen-bond acceptors (Lipinski definition) is 5. The maximum absolute atomic E-state index is 13.2. The molecule has 3 aromatic heterocycles. The lowest BCUT2D eigenvalue weighted by Crippen LogP contribution is -2.18. The van der Waals surface area contributed by atoms with E-state index in [1.807, 2.05) is 29.8 Å². The van der Waals surface area contributed by atoms with E-state index in [4.69, 9.17) is 4.74 Å². The summed E-state index contributed by atoms with van der Waals surface area (Å²) in [7, 11) is 1.56. The molecule has 0 N–H and O–H groups in total. The molecule has 7 nitrogen and oxygen atoms in total. The van der Waals surface area contributed by atoms with Crippen LogP contribution < -0.4 is 4.74 Å². The van der Waals surface area contributed by atoms with Gasteiger partial charge in [-0.2, -0.15) is 18.3 Å². The maximum Gasteiger partial charge on any atom is 0.416 e. The molecule has 4 heterocycles. The van der Waals surface area contributed by atoms with Crippen molar-refractivity contribution in [2.24, 2.45) is 0 Å². The van der Waals surface area contributed by atoms with Crippen LogP contribution in [-0.2, 0) is 12.7 Å². The average molecular weight is 480 g/mol. The minimum Gasteiger partial charge on any atom is -0.479 e. The van der Waals surface area contributed by atoms with E-state index in [-0.39, 0.29) is 5.92 Å². The minimum absolute atomic E-state index is 0.239. The number of methoxy groups -OCH3 is 1. The molecule has 1 aliphatic rings. The number of hydrogen-bond donors (Lipinski definition) is 0. The smallest absolute Gasteiger partial charge is 0.416 e. The summed E-state index contributed by atoms with van der Waals surface area (Å²) >= 11 is 0. The molecule has 35 heavy (non-hydrogen) atoms. The van der Waals surface area contributed by atoms with Crippen molar-refractivity contribution >= 4 is 12.2 Å². The predicted octanol–water partition coefficient (Wildman–Crippen LogP) is 5.29. The summed E-state index contributed by atoms with van der Waals surface area (Å²) in [5, 5.41) is 4.55. The van der Waals surface area contributed by atoms with Gasteiger partial charge in [0.2, 0.25) is 5.88 Å². The molecule has 4 aromatic rings. The van der Waals surface area contributed by atoms with E-state index in [1.54, 1.807) is 36.3 Å². The normalized spacial score (nSPS) is 16.0. The van der Waals surface area contributed by atoms with E-state index in [2.05, 4.69) is 20.1 Å². The average Bonchev–Trinajstić information content (AvgIpc) is 3.47. The number of fused-ring (bicyclic) bond motifs is 1. The molecular formula is C25H23F3N6O. The first-order valence-corrected chi connectivity index (χ1v) is 11.2. The first-order valence-electron chi connectivity index (χ1n) is 11.2. The molecule has 180 valence electrons. The van der Waals surface area contributed by atoms with Crippen LogP contribution in [0.4, 0.5) is 13.2 Å². The molecule has 10 heteroatoms. The Morgan fingerprint density at radius 3 is 2.71 bits per heavy atom. The van der Waals surface area contributed by atoms with Crippen molar-refractivity contribution in [3.63, 3.8) is 0 Å². The van der Waals surface area contributed by atoms with E-state index < -0.39 is 11.7 Å². The van der Waals surface area contributed by atoms with Crippen molar-refractivity contribution in [2.45, 2.75) is 38.4 Å². The SMILES string of the molecule is COc1nc(/C=C/c2nc3n(n2)CCCC3c2cccc(C(F)(F)F)c2)ccc1-n1cnc(C)c1. The van der Waals surface area contributed by atoms with Crippen LogP contribution in [0.1, 0.15) is 52.9 Å². The van der Waals surface area contributed by atoms with Gasteiger partial charge in [0, 0.05) is 18.7 Å². The number of aromatic nitrogens is 6. The fourth-order valence-corrected chi connectivity index (χ4v) is 4.29. The molecular weight excluding hydrogens is 457 g/mol. The van der Waals surface area contributed by atoms with Crippen LogP contribution in [0.2, 0.25) is 0 Å². The Bertz CT molecular complexity index is 1390. The van der Waals surface area contributed by atoms with Gasteiger partial charge in [-0.3, -0.25) is 0 Å². The zero-order valence-electron chi connectivity index (χ0n) is 19.2. The molecule has 0 saturated heterocycles. The van der Waals surface area contributed by atoms with Crippen LogP contribution in [0.25, 0.3) is 17.8 Å². The Kier molecular flexibility index (Phi) is 5.88. The number of aryl methyl sites for hydroxylation is 2. The van der Waals surface area contributed by atoms with Gasteiger partial charge in [0.15, 0.2) is 5.82 Å². The number of pyridine rings is 1. The van der Waals surface area contributed by atoms with Crippen LogP contribution in [-0.4, -0.2) is 36.4 Å². The van der Waals surface area contributed by atoms with Crippen LogP contribution in [0, 0.1) is 6.92 Å². The lowest BCUT2D eigenvalue weighted by Gasteiger charge is -2.23. The highest BCUT2D eigenvalue weighted by atomic mass is 19.4. The predicted molar refractivity (Wildman–Crippen MR) is 124 cm³/mol. The van der Waals surface area contributed by atoms with Gasteiger partial charge in [-0.15, -0.1) is 0 Å². The van der Waals surface area contributed by atoms with Crippen LogP contribution >= 0.6 is 0 Å². The molecule has 0 fully saturated rings. The van der Waals surface area contributed by atoms with Gasteiger partial charge in [-0.25, -0.2) is 19.6 Å². The van der Waals surface area contributed by atoms with Crippen LogP contribution in [0.5, 0.6) is 5.88 Å². The number of benzene rings is 1. The monoisotopic (exact) mass is 480 g/mol. The summed E-state index contributed by atoms with van der Waals surface area (Å²) in [6, 6.07) is 9.21. The Balaban J connectivity index is 1.41. The van der Waals surface area contributed by atoms with Gasteiger partial charge in [0.1, 0.15) is 11.5 Å². The van der Waals surface area contributed by atoms with Crippen LogP contribution in [0.15, 0.2) is 48.9 Å². The molecule has 0 radical (unpaired) electrons. The minimum atomic E-state index is -4.38. The number of alkyl halides is 3. The van der Waals surface area contributed by atoms with E-state index >= 15 is 0 Å². The fraction of sp³-hybridized carbons (Fsp3) is 0.280. The molecule has 0 aliphatic carbocycles. The number of rotatable bonds is 5. The third-order valence-electron chi connectivity index (χ3n) is 5.96. The van der Waals surface area contributed by atoms with Crippen molar-refractivity contribution in [1.82, 2.24) is 29.3 Å². The van der Waals surface area contributed by atoms with Gasteiger partial charge in [0.25, 0.3) is 0 Å². The van der Waals surface area contributed by atoms with Crippen LogP contribution in [0.3, 0.4) is 0 Å². The molecule has 1 aromatic carbocycles. The molecule has 1 aliphatic heterocycles. The van der Waals surface area contributed by atoms with Crippen molar-refractivity contribution < 1.29 is 17.9 Å². The number of nitrogens with zero attached hydrogens (tertiary/aromatic N) is 6. The first kappa shape index (κ1) is 22.8. The number of imidazole rings is 1. The first-order chi connectivity index (χ1) is 16.8. The highest BCUT2D eigenvalue weighted by Gasteiger charge is 2.32. The van der Waals surface area contributed by atoms with E-state index in [1.165, 1.54) is 12.1 Å². The summed E-state index contributed by atoms with van der Waals surface area (Å²) < 4.78 is 48.7. The quantitative estimate of drug-likeness (QED) is 0.388. The Morgan fingerprint density at radius 1 is 1.11 bits per heavy atom. The molecule has 0 saturated carbocycles.